The summed E-state index contributed by atoms with van der Waals surface area (Å²) in [5, 5.41) is 0.615. The minimum atomic E-state index is -3.28. The minimum absolute atomic E-state index is 0.131. The first kappa shape index (κ1) is 15.3. The van der Waals surface area contributed by atoms with E-state index in [2.05, 4.69) is 4.72 Å². The molecule has 0 bridgehead atoms. The molecular weight excluding hydrogens is 270 g/mol. The Morgan fingerprint density at radius 3 is 2.33 bits per heavy atom. The van der Waals surface area contributed by atoms with Crippen LogP contribution in [0.1, 0.15) is 38.3 Å². The van der Waals surface area contributed by atoms with Crippen molar-refractivity contribution in [3.63, 3.8) is 0 Å². The highest BCUT2D eigenvalue weighted by molar-refractivity contribution is 7.92. The molecule has 18 heavy (non-hydrogen) atoms. The Hall–Kier alpha value is -0.740. The molecule has 5 heteroatoms. The highest BCUT2D eigenvalue weighted by atomic mass is 35.5. The fourth-order valence-electron chi connectivity index (χ4n) is 1.91. The molecule has 0 radical (unpaired) electrons. The van der Waals surface area contributed by atoms with Crippen LogP contribution in [0.5, 0.6) is 0 Å². The number of hydrogen-bond donors (Lipinski definition) is 1. The first-order valence-corrected chi connectivity index (χ1v) is 8.28. The van der Waals surface area contributed by atoms with E-state index >= 15 is 0 Å². The van der Waals surface area contributed by atoms with Gasteiger partial charge in [-0.2, -0.15) is 0 Å². The third kappa shape index (κ3) is 3.62. The lowest BCUT2D eigenvalue weighted by molar-refractivity contribution is 0.599. The average molecular weight is 290 g/mol. The topological polar surface area (TPSA) is 46.2 Å². The van der Waals surface area contributed by atoms with E-state index in [1.54, 1.807) is 0 Å². The molecule has 0 saturated carbocycles. The molecule has 3 nitrogen and oxygen atoms in total. The van der Waals surface area contributed by atoms with E-state index in [0.717, 1.165) is 17.5 Å². The van der Waals surface area contributed by atoms with Gasteiger partial charge in [0.1, 0.15) is 0 Å². The van der Waals surface area contributed by atoms with Crippen LogP contribution in [0.2, 0.25) is 5.02 Å². The van der Waals surface area contributed by atoms with Crippen molar-refractivity contribution in [2.75, 3.05) is 10.5 Å². The average Bonchev–Trinajstić information content (AvgIpc) is 2.29. The Labute approximate surface area is 115 Å². The maximum atomic E-state index is 11.9. The summed E-state index contributed by atoms with van der Waals surface area (Å²) < 4.78 is 26.5. The van der Waals surface area contributed by atoms with E-state index in [0.29, 0.717) is 23.6 Å². The normalized spacial score (nSPS) is 11.6. The van der Waals surface area contributed by atoms with Crippen molar-refractivity contribution in [1.29, 1.82) is 0 Å². The van der Waals surface area contributed by atoms with Crippen LogP contribution in [0.4, 0.5) is 5.69 Å². The smallest absolute Gasteiger partial charge is 0.232 e. The van der Waals surface area contributed by atoms with E-state index in [4.69, 9.17) is 11.6 Å². The molecule has 1 aromatic rings. The number of anilines is 1. The molecule has 0 heterocycles. The van der Waals surface area contributed by atoms with Gasteiger partial charge in [0.05, 0.1) is 11.4 Å². The summed E-state index contributed by atoms with van der Waals surface area (Å²) >= 11 is 6.13. The quantitative estimate of drug-likeness (QED) is 0.869. The van der Waals surface area contributed by atoms with Crippen molar-refractivity contribution in [2.24, 2.45) is 0 Å². The van der Waals surface area contributed by atoms with Gasteiger partial charge in [-0.15, -0.1) is 0 Å². The molecular formula is C13H20ClNO2S. The molecule has 0 aliphatic rings. The Bertz CT molecular complexity index is 512. The molecule has 1 rings (SSSR count). The largest absolute Gasteiger partial charge is 0.283 e. The Balaban J connectivity index is 3.25. The van der Waals surface area contributed by atoms with Crippen molar-refractivity contribution in [3.8, 4) is 0 Å². The first-order valence-electron chi connectivity index (χ1n) is 6.25. The third-order valence-corrected chi connectivity index (χ3v) is 4.62. The van der Waals surface area contributed by atoms with E-state index in [-0.39, 0.29) is 5.75 Å². The Morgan fingerprint density at radius 1 is 1.17 bits per heavy atom. The van der Waals surface area contributed by atoms with E-state index < -0.39 is 10.0 Å². The maximum absolute atomic E-state index is 11.9. The molecule has 0 aliphatic carbocycles. The van der Waals surface area contributed by atoms with Crippen molar-refractivity contribution in [2.45, 2.75) is 40.0 Å². The van der Waals surface area contributed by atoms with Crippen LogP contribution in [0.15, 0.2) is 12.1 Å². The summed E-state index contributed by atoms with van der Waals surface area (Å²) in [5.74, 6) is 0.131. The molecule has 1 N–H and O–H groups in total. The van der Waals surface area contributed by atoms with Gasteiger partial charge in [0.15, 0.2) is 0 Å². The minimum Gasteiger partial charge on any atom is -0.283 e. The molecule has 0 unspecified atom stereocenters. The molecule has 1 aromatic carbocycles. The number of hydrogen-bond acceptors (Lipinski definition) is 2. The van der Waals surface area contributed by atoms with Crippen LogP contribution < -0.4 is 4.72 Å². The van der Waals surface area contributed by atoms with Crippen LogP contribution in [0.25, 0.3) is 0 Å². The van der Waals surface area contributed by atoms with Crippen LogP contribution in [0, 0.1) is 0 Å². The second-order valence-electron chi connectivity index (χ2n) is 4.19. The lowest BCUT2D eigenvalue weighted by atomic mass is 10.0. The summed E-state index contributed by atoms with van der Waals surface area (Å²) in [6.45, 7) is 5.82. The van der Waals surface area contributed by atoms with Crippen LogP contribution in [0.3, 0.4) is 0 Å². The van der Waals surface area contributed by atoms with Gasteiger partial charge in [0, 0.05) is 5.02 Å². The van der Waals surface area contributed by atoms with Crippen molar-refractivity contribution in [1.82, 2.24) is 0 Å². The van der Waals surface area contributed by atoms with E-state index in [9.17, 15) is 8.42 Å². The van der Waals surface area contributed by atoms with Gasteiger partial charge in [-0.1, -0.05) is 38.4 Å². The first-order chi connectivity index (χ1) is 8.45. The lowest BCUT2D eigenvalue weighted by Crippen LogP contribution is -2.18. The van der Waals surface area contributed by atoms with E-state index in [1.807, 2.05) is 32.9 Å². The van der Waals surface area contributed by atoms with Crippen LogP contribution >= 0.6 is 11.6 Å². The van der Waals surface area contributed by atoms with Crippen molar-refractivity contribution in [3.05, 3.63) is 28.3 Å². The molecule has 0 amide bonds. The number of sulfonamides is 1. The van der Waals surface area contributed by atoms with Gasteiger partial charge in [-0.3, -0.25) is 4.72 Å². The van der Waals surface area contributed by atoms with Gasteiger partial charge in [0.25, 0.3) is 0 Å². The van der Waals surface area contributed by atoms with Gasteiger partial charge >= 0.3 is 0 Å². The number of halogens is 1. The second kappa shape index (κ2) is 6.43. The standard InChI is InChI=1S/C13H20ClNO2S/c1-4-9-18(16,17)15-13-10(5-2)7-8-12(14)11(13)6-3/h7-8,15H,4-6,9H2,1-3H3. The van der Waals surface area contributed by atoms with Crippen molar-refractivity contribution < 1.29 is 8.42 Å². The zero-order chi connectivity index (χ0) is 13.8. The number of benzene rings is 1. The second-order valence-corrected chi connectivity index (χ2v) is 6.44. The predicted molar refractivity (Wildman–Crippen MR) is 77.9 cm³/mol. The van der Waals surface area contributed by atoms with Gasteiger partial charge in [0.2, 0.25) is 10.0 Å². The van der Waals surface area contributed by atoms with E-state index in [1.165, 1.54) is 0 Å². The van der Waals surface area contributed by atoms with Crippen LogP contribution in [-0.4, -0.2) is 14.2 Å². The summed E-state index contributed by atoms with van der Waals surface area (Å²) in [5.41, 5.74) is 2.52. The summed E-state index contributed by atoms with van der Waals surface area (Å²) in [7, 11) is -3.28. The fraction of sp³-hybridized carbons (Fsp3) is 0.538. The summed E-state index contributed by atoms with van der Waals surface area (Å²) in [6.07, 6.45) is 2.07. The molecule has 102 valence electrons. The lowest BCUT2D eigenvalue weighted by Gasteiger charge is -2.16. The van der Waals surface area contributed by atoms with Crippen molar-refractivity contribution >= 4 is 27.3 Å². The van der Waals surface area contributed by atoms with Gasteiger partial charge in [-0.05, 0) is 36.5 Å². The molecule has 0 fully saturated rings. The highest BCUT2D eigenvalue weighted by Crippen LogP contribution is 2.30. The maximum Gasteiger partial charge on any atom is 0.232 e. The molecule has 0 spiro atoms. The fourth-order valence-corrected chi connectivity index (χ4v) is 3.41. The number of rotatable bonds is 6. The monoisotopic (exact) mass is 289 g/mol. The zero-order valence-electron chi connectivity index (χ0n) is 11.1. The SMILES string of the molecule is CCCS(=O)(=O)Nc1c(CC)ccc(Cl)c1CC. The third-order valence-electron chi connectivity index (χ3n) is 2.81. The van der Waals surface area contributed by atoms with Gasteiger partial charge in [-0.25, -0.2) is 8.42 Å². The number of nitrogens with one attached hydrogen (secondary N) is 1. The Morgan fingerprint density at radius 2 is 1.83 bits per heavy atom. The summed E-state index contributed by atoms with van der Waals surface area (Å²) in [4.78, 5) is 0. The Kier molecular flexibility index (Phi) is 5.47. The van der Waals surface area contributed by atoms with Crippen LogP contribution in [-0.2, 0) is 22.9 Å². The highest BCUT2D eigenvalue weighted by Gasteiger charge is 2.16. The zero-order valence-corrected chi connectivity index (χ0v) is 12.7. The predicted octanol–water partition coefficient (Wildman–Crippen LogP) is 3.62. The summed E-state index contributed by atoms with van der Waals surface area (Å²) in [6, 6.07) is 3.71. The molecule has 0 aromatic heterocycles. The molecule has 0 aliphatic heterocycles. The van der Waals surface area contributed by atoms with Gasteiger partial charge < -0.3 is 0 Å². The molecule has 0 atom stereocenters. The molecule has 0 saturated heterocycles. The number of aryl methyl sites for hydroxylation is 1.